The van der Waals surface area contributed by atoms with Crippen LogP contribution in [0.5, 0.6) is 5.75 Å². The molecular formula is C18H14N4O4S. The maximum absolute atomic E-state index is 13.2. The Balaban J connectivity index is 1.53. The molecule has 5 rings (SSSR count). The summed E-state index contributed by atoms with van der Waals surface area (Å²) in [4.78, 5) is 44.0. The molecule has 136 valence electrons. The Morgan fingerprint density at radius 1 is 1.26 bits per heavy atom. The molecule has 9 heteroatoms. The molecule has 2 aromatic heterocycles. The van der Waals surface area contributed by atoms with Crippen LogP contribution in [0.1, 0.15) is 17.7 Å². The maximum atomic E-state index is 13.2. The van der Waals surface area contributed by atoms with Crippen molar-refractivity contribution in [2.24, 2.45) is 0 Å². The topological polar surface area (TPSA) is 93.0 Å². The van der Waals surface area contributed by atoms with E-state index in [1.807, 2.05) is 12.1 Å². The first-order valence-electron chi connectivity index (χ1n) is 8.41. The van der Waals surface area contributed by atoms with E-state index in [2.05, 4.69) is 10.3 Å². The van der Waals surface area contributed by atoms with Gasteiger partial charge in [0.2, 0.25) is 0 Å². The minimum atomic E-state index is -1.13. The van der Waals surface area contributed by atoms with Gasteiger partial charge in [-0.1, -0.05) is 18.2 Å². The van der Waals surface area contributed by atoms with Crippen LogP contribution in [0.2, 0.25) is 0 Å². The number of fused-ring (bicyclic) bond motifs is 3. The minimum Gasteiger partial charge on any atom is -0.493 e. The lowest BCUT2D eigenvalue weighted by atomic mass is 9.84. The molecule has 0 radical (unpaired) electrons. The number of hydrogen-bond acceptors (Lipinski definition) is 6. The molecule has 2 aliphatic heterocycles. The number of thiazole rings is 1. The molecule has 0 saturated carbocycles. The average Bonchev–Trinajstić information content (AvgIpc) is 3.22. The lowest BCUT2D eigenvalue weighted by Crippen LogP contribution is -2.47. The minimum absolute atomic E-state index is 0.0565. The van der Waals surface area contributed by atoms with Crippen LogP contribution in [0.4, 0.5) is 4.79 Å². The predicted molar refractivity (Wildman–Crippen MR) is 96.7 cm³/mol. The van der Waals surface area contributed by atoms with E-state index in [-0.39, 0.29) is 18.0 Å². The van der Waals surface area contributed by atoms with E-state index in [0.29, 0.717) is 35.0 Å². The molecule has 1 saturated heterocycles. The summed E-state index contributed by atoms with van der Waals surface area (Å²) in [5.74, 6) is 0.243. The Labute approximate surface area is 157 Å². The van der Waals surface area contributed by atoms with Crippen LogP contribution in [0.3, 0.4) is 0 Å². The molecule has 3 amide bonds. The van der Waals surface area contributed by atoms with Gasteiger partial charge in [-0.15, -0.1) is 11.3 Å². The van der Waals surface area contributed by atoms with Crippen molar-refractivity contribution in [1.29, 1.82) is 0 Å². The average molecular weight is 382 g/mol. The number of nitrogens with zero attached hydrogens (tertiary/aromatic N) is 3. The van der Waals surface area contributed by atoms with Crippen molar-refractivity contribution in [1.82, 2.24) is 19.6 Å². The molecule has 0 aliphatic carbocycles. The van der Waals surface area contributed by atoms with Gasteiger partial charge < -0.3 is 10.1 Å². The summed E-state index contributed by atoms with van der Waals surface area (Å²) >= 11 is 1.32. The van der Waals surface area contributed by atoms with Crippen molar-refractivity contribution >= 4 is 28.2 Å². The molecule has 1 atom stereocenters. The lowest BCUT2D eigenvalue weighted by Gasteiger charge is -2.33. The third-order valence-corrected chi connectivity index (χ3v) is 5.69. The number of benzene rings is 1. The number of hydrogen-bond donors (Lipinski definition) is 1. The van der Waals surface area contributed by atoms with E-state index < -0.39 is 11.6 Å². The fourth-order valence-electron chi connectivity index (χ4n) is 3.65. The van der Waals surface area contributed by atoms with Crippen LogP contribution in [-0.4, -0.2) is 32.8 Å². The molecule has 1 aromatic carbocycles. The van der Waals surface area contributed by atoms with Gasteiger partial charge >= 0.3 is 6.03 Å². The number of ether oxygens (including phenoxy) is 1. The van der Waals surface area contributed by atoms with E-state index in [1.54, 1.807) is 23.7 Å². The lowest BCUT2D eigenvalue weighted by molar-refractivity contribution is -0.133. The fraction of sp³-hybridized carbons (Fsp3) is 0.222. The standard InChI is InChI=1S/C18H14N4O4S/c23-14-9-11(19-17-21(14)6-8-27-17)10-22-15(24)18(20-16(22)25)5-7-26-13-4-2-1-3-12(13)18/h1-4,6,8-9H,5,7,10H2,(H,20,25)/t18-/m0/s1. The number of para-hydroxylation sites is 1. The summed E-state index contributed by atoms with van der Waals surface area (Å²) in [6.07, 6.45) is 1.99. The number of rotatable bonds is 2. The van der Waals surface area contributed by atoms with Gasteiger partial charge in [-0.05, 0) is 6.07 Å². The van der Waals surface area contributed by atoms with Crippen LogP contribution in [0, 0.1) is 0 Å². The third kappa shape index (κ3) is 2.28. The Hall–Kier alpha value is -3.20. The molecule has 8 nitrogen and oxygen atoms in total. The number of carbonyl (C=O) groups is 2. The second kappa shape index (κ2) is 5.65. The van der Waals surface area contributed by atoms with Crippen molar-refractivity contribution in [2.75, 3.05) is 6.61 Å². The molecule has 1 N–H and O–H groups in total. The van der Waals surface area contributed by atoms with Crippen LogP contribution in [0.25, 0.3) is 4.96 Å². The number of aromatic nitrogens is 2. The summed E-state index contributed by atoms with van der Waals surface area (Å²) < 4.78 is 7.05. The SMILES string of the molecule is O=C1N[C@]2(CCOc3ccccc32)C(=O)N1Cc1cc(=O)n2ccsc2n1. The first-order valence-corrected chi connectivity index (χ1v) is 9.29. The zero-order valence-corrected chi connectivity index (χ0v) is 14.9. The van der Waals surface area contributed by atoms with Gasteiger partial charge in [-0.3, -0.25) is 18.9 Å². The van der Waals surface area contributed by atoms with Crippen molar-refractivity contribution < 1.29 is 14.3 Å². The zero-order valence-electron chi connectivity index (χ0n) is 14.0. The molecule has 3 aromatic rings. The highest BCUT2D eigenvalue weighted by atomic mass is 32.1. The smallest absolute Gasteiger partial charge is 0.325 e. The van der Waals surface area contributed by atoms with E-state index in [4.69, 9.17) is 4.74 Å². The van der Waals surface area contributed by atoms with Crippen molar-refractivity contribution in [3.05, 3.63) is 63.5 Å². The molecule has 4 heterocycles. The van der Waals surface area contributed by atoms with Gasteiger partial charge in [0.1, 0.15) is 5.75 Å². The van der Waals surface area contributed by atoms with E-state index in [0.717, 1.165) is 4.90 Å². The van der Waals surface area contributed by atoms with Gasteiger partial charge in [0.05, 0.1) is 18.8 Å². The Morgan fingerprint density at radius 2 is 2.11 bits per heavy atom. The Bertz CT molecular complexity index is 1150. The molecule has 1 spiro atoms. The van der Waals surface area contributed by atoms with E-state index in [9.17, 15) is 14.4 Å². The predicted octanol–water partition coefficient (Wildman–Crippen LogP) is 1.49. The number of imide groups is 1. The Kier molecular flexibility index (Phi) is 3.35. The summed E-state index contributed by atoms with van der Waals surface area (Å²) in [5.41, 5.74) is -0.342. The van der Waals surface area contributed by atoms with Crippen molar-refractivity contribution in [2.45, 2.75) is 18.5 Å². The highest BCUT2D eigenvalue weighted by Crippen LogP contribution is 2.41. The normalized spacial score (nSPS) is 21.4. The van der Waals surface area contributed by atoms with Gasteiger partial charge in [0, 0.05) is 29.6 Å². The second-order valence-corrected chi connectivity index (χ2v) is 7.34. The fourth-order valence-corrected chi connectivity index (χ4v) is 4.38. The third-order valence-electron chi connectivity index (χ3n) is 4.93. The highest BCUT2D eigenvalue weighted by Gasteiger charge is 2.54. The maximum Gasteiger partial charge on any atom is 0.325 e. The van der Waals surface area contributed by atoms with Crippen LogP contribution >= 0.6 is 11.3 Å². The quantitative estimate of drug-likeness (QED) is 0.678. The highest BCUT2D eigenvalue weighted by molar-refractivity contribution is 7.15. The molecule has 1 fully saturated rings. The summed E-state index contributed by atoms with van der Waals surface area (Å²) in [6.45, 7) is 0.275. The van der Waals surface area contributed by atoms with Gasteiger partial charge in [0.15, 0.2) is 10.5 Å². The summed E-state index contributed by atoms with van der Waals surface area (Å²) in [7, 11) is 0. The summed E-state index contributed by atoms with van der Waals surface area (Å²) in [6, 6.07) is 8.06. The van der Waals surface area contributed by atoms with Gasteiger partial charge in [0.25, 0.3) is 11.5 Å². The molecular weight excluding hydrogens is 368 g/mol. The number of amides is 3. The zero-order chi connectivity index (χ0) is 18.6. The Morgan fingerprint density at radius 3 is 3.00 bits per heavy atom. The largest absolute Gasteiger partial charge is 0.493 e. The van der Waals surface area contributed by atoms with Crippen LogP contribution in [0.15, 0.2) is 46.7 Å². The number of nitrogens with one attached hydrogen (secondary N) is 1. The molecule has 0 bridgehead atoms. The van der Waals surface area contributed by atoms with Crippen molar-refractivity contribution in [3.63, 3.8) is 0 Å². The van der Waals surface area contributed by atoms with Crippen LogP contribution < -0.4 is 15.6 Å². The van der Waals surface area contributed by atoms with E-state index in [1.165, 1.54) is 21.8 Å². The van der Waals surface area contributed by atoms with Gasteiger partial charge in [-0.25, -0.2) is 9.78 Å². The van der Waals surface area contributed by atoms with E-state index >= 15 is 0 Å². The molecule has 0 unspecified atom stereocenters. The first kappa shape index (κ1) is 16.0. The second-order valence-electron chi connectivity index (χ2n) is 6.46. The van der Waals surface area contributed by atoms with Gasteiger partial charge in [-0.2, -0.15) is 0 Å². The monoisotopic (exact) mass is 382 g/mol. The number of carbonyl (C=O) groups excluding carboxylic acids is 2. The van der Waals surface area contributed by atoms with Crippen LogP contribution in [-0.2, 0) is 16.9 Å². The molecule has 2 aliphatic rings. The first-order chi connectivity index (χ1) is 13.1. The molecule has 27 heavy (non-hydrogen) atoms. The summed E-state index contributed by atoms with van der Waals surface area (Å²) in [5, 5.41) is 4.60. The van der Waals surface area contributed by atoms with Crippen molar-refractivity contribution in [3.8, 4) is 5.75 Å². The number of urea groups is 1.